The fourth-order valence-electron chi connectivity index (χ4n) is 2.61. The highest BCUT2D eigenvalue weighted by molar-refractivity contribution is 6.03. The summed E-state index contributed by atoms with van der Waals surface area (Å²) in [5.74, 6) is -1.78. The second-order valence-corrected chi connectivity index (χ2v) is 6.12. The summed E-state index contributed by atoms with van der Waals surface area (Å²) in [6.45, 7) is 0. The third-order valence-electron chi connectivity index (χ3n) is 3.99. The molecule has 0 spiro atoms. The van der Waals surface area contributed by atoms with Gasteiger partial charge in [0.15, 0.2) is 0 Å². The Labute approximate surface area is 162 Å². The lowest BCUT2D eigenvalue weighted by Gasteiger charge is -2.09. The van der Waals surface area contributed by atoms with Crippen LogP contribution in [-0.2, 0) is 9.59 Å². The van der Waals surface area contributed by atoms with Crippen LogP contribution in [0.15, 0.2) is 48.5 Å². The van der Waals surface area contributed by atoms with E-state index in [1.807, 2.05) is 0 Å². The number of amides is 4. The first-order chi connectivity index (χ1) is 13.4. The predicted molar refractivity (Wildman–Crippen MR) is 106 cm³/mol. The Hall–Kier alpha value is -3.68. The Morgan fingerprint density at radius 1 is 0.643 bits per heavy atom. The van der Waals surface area contributed by atoms with Gasteiger partial charge < -0.3 is 22.1 Å². The first kappa shape index (κ1) is 20.6. The molecule has 2 aromatic carbocycles. The first-order valence-corrected chi connectivity index (χ1v) is 8.76. The SMILES string of the molecule is NC(=O)c1ccccc1NC(=O)CCCCC(=O)Nc1ccccc1C(N)=O. The summed E-state index contributed by atoms with van der Waals surface area (Å²) >= 11 is 0. The van der Waals surface area contributed by atoms with Crippen molar-refractivity contribution >= 4 is 35.0 Å². The second kappa shape index (κ2) is 9.86. The molecular formula is C20H22N4O4. The Balaban J connectivity index is 1.77. The van der Waals surface area contributed by atoms with Crippen LogP contribution in [0.25, 0.3) is 0 Å². The van der Waals surface area contributed by atoms with E-state index in [0.717, 1.165) is 0 Å². The van der Waals surface area contributed by atoms with Gasteiger partial charge in [0.1, 0.15) is 0 Å². The van der Waals surface area contributed by atoms with Crippen molar-refractivity contribution in [1.29, 1.82) is 0 Å². The number of nitrogens with one attached hydrogen (secondary N) is 2. The molecule has 2 rings (SSSR count). The maximum absolute atomic E-state index is 12.0. The summed E-state index contributed by atoms with van der Waals surface area (Å²) in [7, 11) is 0. The molecule has 4 amide bonds. The predicted octanol–water partition coefficient (Wildman–Crippen LogP) is 2.02. The summed E-state index contributed by atoms with van der Waals surface area (Å²) in [5, 5.41) is 5.30. The van der Waals surface area contributed by atoms with Crippen molar-refractivity contribution in [2.45, 2.75) is 25.7 Å². The topological polar surface area (TPSA) is 144 Å². The van der Waals surface area contributed by atoms with E-state index in [-0.39, 0.29) is 35.8 Å². The number of primary amides is 2. The normalized spacial score (nSPS) is 10.1. The highest BCUT2D eigenvalue weighted by atomic mass is 16.2. The minimum absolute atomic E-state index is 0.193. The van der Waals surface area contributed by atoms with E-state index in [1.54, 1.807) is 36.4 Å². The number of para-hydroxylation sites is 2. The molecule has 28 heavy (non-hydrogen) atoms. The van der Waals surface area contributed by atoms with E-state index in [4.69, 9.17) is 11.5 Å². The summed E-state index contributed by atoms with van der Waals surface area (Å²) in [6.07, 6.45) is 1.35. The molecule has 0 aliphatic carbocycles. The molecule has 146 valence electrons. The van der Waals surface area contributed by atoms with Crippen molar-refractivity contribution < 1.29 is 19.2 Å². The van der Waals surface area contributed by atoms with Gasteiger partial charge in [0.25, 0.3) is 11.8 Å². The highest BCUT2D eigenvalue weighted by Crippen LogP contribution is 2.16. The van der Waals surface area contributed by atoms with E-state index < -0.39 is 11.8 Å². The van der Waals surface area contributed by atoms with Crippen molar-refractivity contribution in [1.82, 2.24) is 0 Å². The Morgan fingerprint density at radius 3 is 1.36 bits per heavy atom. The minimum Gasteiger partial charge on any atom is -0.366 e. The van der Waals surface area contributed by atoms with Gasteiger partial charge in [-0.3, -0.25) is 19.2 Å². The largest absolute Gasteiger partial charge is 0.366 e. The van der Waals surface area contributed by atoms with Gasteiger partial charge in [-0.15, -0.1) is 0 Å². The maximum atomic E-state index is 12.0. The zero-order valence-corrected chi connectivity index (χ0v) is 15.2. The molecule has 0 saturated heterocycles. The van der Waals surface area contributed by atoms with Gasteiger partial charge in [0, 0.05) is 12.8 Å². The van der Waals surface area contributed by atoms with Crippen LogP contribution in [-0.4, -0.2) is 23.6 Å². The number of carbonyl (C=O) groups is 4. The van der Waals surface area contributed by atoms with Crippen LogP contribution in [0.1, 0.15) is 46.4 Å². The van der Waals surface area contributed by atoms with Crippen molar-refractivity contribution in [2.75, 3.05) is 10.6 Å². The number of unbranched alkanes of at least 4 members (excludes halogenated alkanes) is 1. The van der Waals surface area contributed by atoms with Crippen molar-refractivity contribution in [2.24, 2.45) is 11.5 Å². The van der Waals surface area contributed by atoms with E-state index in [2.05, 4.69) is 10.6 Å². The van der Waals surface area contributed by atoms with Crippen LogP contribution in [0.4, 0.5) is 11.4 Å². The average Bonchev–Trinajstić information content (AvgIpc) is 2.65. The zero-order chi connectivity index (χ0) is 20.5. The number of nitrogens with two attached hydrogens (primary N) is 2. The van der Waals surface area contributed by atoms with Crippen LogP contribution in [0.2, 0.25) is 0 Å². The van der Waals surface area contributed by atoms with E-state index >= 15 is 0 Å². The van der Waals surface area contributed by atoms with Gasteiger partial charge in [-0.25, -0.2) is 0 Å². The molecule has 0 radical (unpaired) electrons. The second-order valence-electron chi connectivity index (χ2n) is 6.12. The van der Waals surface area contributed by atoms with Crippen LogP contribution in [0.3, 0.4) is 0 Å². The van der Waals surface area contributed by atoms with Gasteiger partial charge in [-0.2, -0.15) is 0 Å². The number of benzene rings is 2. The first-order valence-electron chi connectivity index (χ1n) is 8.76. The molecule has 0 atom stereocenters. The quantitative estimate of drug-likeness (QED) is 0.492. The smallest absolute Gasteiger partial charge is 0.250 e. The molecule has 0 aliphatic rings. The van der Waals surface area contributed by atoms with Crippen LogP contribution in [0.5, 0.6) is 0 Å². The zero-order valence-electron chi connectivity index (χ0n) is 15.2. The summed E-state index contributed by atoms with van der Waals surface area (Å²) in [5.41, 5.74) is 11.8. The van der Waals surface area contributed by atoms with Crippen molar-refractivity contribution in [3.63, 3.8) is 0 Å². The van der Waals surface area contributed by atoms with Crippen LogP contribution >= 0.6 is 0 Å². The maximum Gasteiger partial charge on any atom is 0.250 e. The number of hydrogen-bond acceptors (Lipinski definition) is 4. The molecular weight excluding hydrogens is 360 g/mol. The van der Waals surface area contributed by atoms with Gasteiger partial charge in [-0.05, 0) is 37.1 Å². The number of hydrogen-bond donors (Lipinski definition) is 4. The molecule has 0 aromatic heterocycles. The fraction of sp³-hybridized carbons (Fsp3) is 0.200. The van der Waals surface area contributed by atoms with Crippen molar-refractivity contribution in [3.05, 3.63) is 59.7 Å². The molecule has 8 nitrogen and oxygen atoms in total. The Morgan fingerprint density at radius 2 is 1.00 bits per heavy atom. The number of carbonyl (C=O) groups excluding carboxylic acids is 4. The molecule has 0 saturated carbocycles. The van der Waals surface area contributed by atoms with Gasteiger partial charge in [0.2, 0.25) is 11.8 Å². The third kappa shape index (κ3) is 5.94. The molecule has 8 heteroatoms. The van der Waals surface area contributed by atoms with Gasteiger partial charge in [-0.1, -0.05) is 24.3 Å². The van der Waals surface area contributed by atoms with Gasteiger partial charge in [0.05, 0.1) is 22.5 Å². The van der Waals surface area contributed by atoms with Gasteiger partial charge >= 0.3 is 0 Å². The molecule has 0 aliphatic heterocycles. The third-order valence-corrected chi connectivity index (χ3v) is 3.99. The molecule has 0 unspecified atom stereocenters. The highest BCUT2D eigenvalue weighted by Gasteiger charge is 2.12. The lowest BCUT2D eigenvalue weighted by atomic mass is 10.1. The Bertz CT molecular complexity index is 822. The Kier molecular flexibility index (Phi) is 7.27. The van der Waals surface area contributed by atoms with Crippen molar-refractivity contribution in [3.8, 4) is 0 Å². The number of rotatable bonds is 9. The summed E-state index contributed by atoms with van der Waals surface area (Å²) < 4.78 is 0. The van der Waals surface area contributed by atoms with E-state index in [9.17, 15) is 19.2 Å². The lowest BCUT2D eigenvalue weighted by Crippen LogP contribution is -2.19. The molecule has 0 bridgehead atoms. The molecule has 0 fully saturated rings. The number of anilines is 2. The summed E-state index contributed by atoms with van der Waals surface area (Å²) in [6, 6.07) is 13.0. The summed E-state index contributed by atoms with van der Waals surface area (Å²) in [4.78, 5) is 46.8. The van der Waals surface area contributed by atoms with Crippen LogP contribution < -0.4 is 22.1 Å². The van der Waals surface area contributed by atoms with Crippen LogP contribution in [0, 0.1) is 0 Å². The minimum atomic E-state index is -0.621. The lowest BCUT2D eigenvalue weighted by molar-refractivity contribution is -0.118. The van der Waals surface area contributed by atoms with E-state index in [0.29, 0.717) is 24.2 Å². The molecule has 0 heterocycles. The van der Waals surface area contributed by atoms with E-state index in [1.165, 1.54) is 12.1 Å². The molecule has 2 aromatic rings. The fourth-order valence-corrected chi connectivity index (χ4v) is 2.61. The monoisotopic (exact) mass is 382 g/mol. The standard InChI is InChI=1S/C20H22N4O4/c21-19(27)13-7-1-3-9-15(13)23-17(25)11-5-6-12-18(26)24-16-10-4-2-8-14(16)20(22)28/h1-4,7-10H,5-6,11-12H2,(H2,21,27)(H2,22,28)(H,23,25)(H,24,26). The molecule has 6 N–H and O–H groups in total. The average molecular weight is 382 g/mol.